The van der Waals surface area contributed by atoms with Crippen LogP contribution in [0.4, 0.5) is 14.4 Å². The number of carbonyl (C=O) groups excluding carboxylic acids is 3. The number of rotatable bonds is 19. The van der Waals surface area contributed by atoms with Crippen molar-refractivity contribution in [1.29, 1.82) is 0 Å². The molecule has 9 N–H and O–H groups in total. The largest absolute Gasteiger partial charge is 0.481 e. The van der Waals surface area contributed by atoms with E-state index in [0.717, 1.165) is 11.4 Å². The third kappa shape index (κ3) is 16.4. The van der Waals surface area contributed by atoms with Crippen molar-refractivity contribution in [3.05, 3.63) is 60.2 Å². The van der Waals surface area contributed by atoms with Crippen LogP contribution in [-0.4, -0.2) is 108 Å². The molecule has 53 heavy (non-hydrogen) atoms. The van der Waals surface area contributed by atoms with Crippen molar-refractivity contribution in [3.63, 3.8) is 0 Å². The highest BCUT2D eigenvalue weighted by Crippen LogP contribution is 2.40. The van der Waals surface area contributed by atoms with Gasteiger partial charge in [-0.1, -0.05) is 32.9 Å². The van der Waals surface area contributed by atoms with Gasteiger partial charge in [0, 0.05) is 49.4 Å². The van der Waals surface area contributed by atoms with Gasteiger partial charge in [0.15, 0.2) is 0 Å². The second kappa shape index (κ2) is 22.2. The number of imide groups is 1. The highest BCUT2D eigenvalue weighted by Gasteiger charge is 2.50. The highest BCUT2D eigenvalue weighted by molar-refractivity contribution is 5.95. The van der Waals surface area contributed by atoms with Gasteiger partial charge in [-0.15, -0.1) is 0 Å². The van der Waals surface area contributed by atoms with Crippen molar-refractivity contribution in [2.45, 2.75) is 91.0 Å². The Labute approximate surface area is 307 Å². The summed E-state index contributed by atoms with van der Waals surface area (Å²) < 4.78 is 0. The van der Waals surface area contributed by atoms with Crippen LogP contribution < -0.4 is 26.6 Å². The molecular weight excluding hydrogens is 696 g/mol. The van der Waals surface area contributed by atoms with Crippen LogP contribution in [0.5, 0.6) is 0 Å². The molecule has 19 nitrogen and oxygen atoms in total. The lowest BCUT2D eigenvalue weighted by Gasteiger charge is -2.51. The first-order valence-corrected chi connectivity index (χ1v) is 16.7. The first-order valence-electron chi connectivity index (χ1n) is 16.7. The van der Waals surface area contributed by atoms with E-state index in [1.54, 1.807) is 45.3 Å². The Morgan fingerprint density at radius 3 is 1.70 bits per heavy atom. The molecule has 2 atom stereocenters. The predicted molar refractivity (Wildman–Crippen MR) is 189 cm³/mol. The van der Waals surface area contributed by atoms with Crippen molar-refractivity contribution in [3.8, 4) is 0 Å². The fourth-order valence-corrected chi connectivity index (χ4v) is 4.75. The molecule has 0 fully saturated rings. The Bertz CT molecular complexity index is 1480. The van der Waals surface area contributed by atoms with E-state index in [4.69, 9.17) is 10.2 Å². The van der Waals surface area contributed by atoms with E-state index in [9.17, 15) is 43.8 Å². The van der Waals surface area contributed by atoms with Gasteiger partial charge in [0.2, 0.25) is 0 Å². The van der Waals surface area contributed by atoms with E-state index in [2.05, 4.69) is 31.2 Å². The van der Waals surface area contributed by atoms with E-state index in [1.807, 2.05) is 48.3 Å². The van der Waals surface area contributed by atoms with Crippen LogP contribution in [0.2, 0.25) is 0 Å². The molecule has 0 spiro atoms. The summed E-state index contributed by atoms with van der Waals surface area (Å²) in [6, 6.07) is 5.40. The molecule has 2 aromatic rings. The van der Waals surface area contributed by atoms with Crippen molar-refractivity contribution in [2.75, 3.05) is 13.1 Å². The van der Waals surface area contributed by atoms with Gasteiger partial charge in [-0.3, -0.25) is 29.8 Å². The van der Waals surface area contributed by atoms with Crippen molar-refractivity contribution in [2.24, 2.45) is 5.41 Å². The zero-order valence-electron chi connectivity index (χ0n) is 30.4. The molecule has 2 rings (SSSR count). The van der Waals surface area contributed by atoms with Gasteiger partial charge >= 0.3 is 42.0 Å². The Kier molecular flexibility index (Phi) is 18.9. The molecule has 0 radical (unpaired) electrons. The summed E-state index contributed by atoms with van der Waals surface area (Å²) in [5, 5.41) is 46.9. The molecule has 0 aliphatic rings. The van der Waals surface area contributed by atoms with Gasteiger partial charge in [-0.2, -0.15) is 0 Å². The Morgan fingerprint density at radius 1 is 0.717 bits per heavy atom. The average molecular weight is 747 g/mol. The number of nitrogens with zero attached hydrogens (tertiary/aromatic N) is 3. The fourth-order valence-electron chi connectivity index (χ4n) is 4.75. The topological polar surface area (TPSA) is 290 Å². The molecule has 292 valence electrons. The minimum Gasteiger partial charge on any atom is -0.481 e. The summed E-state index contributed by atoms with van der Waals surface area (Å²) in [6.07, 6.45) is 4.07. The maximum atomic E-state index is 12.8. The maximum absolute atomic E-state index is 12.8. The van der Waals surface area contributed by atoms with Crippen LogP contribution in [0.3, 0.4) is 0 Å². The lowest BCUT2D eigenvalue weighted by Crippen LogP contribution is -2.65. The second-order valence-corrected chi connectivity index (χ2v) is 12.8. The number of hydrogen-bond acceptors (Lipinski definition) is 10. The Hall–Kier alpha value is -5.85. The number of aromatic nitrogens is 2. The zero-order valence-corrected chi connectivity index (χ0v) is 30.4. The van der Waals surface area contributed by atoms with Crippen LogP contribution in [-0.2, 0) is 32.3 Å². The van der Waals surface area contributed by atoms with Crippen molar-refractivity contribution in [1.82, 2.24) is 41.5 Å². The molecule has 0 saturated heterocycles. The quantitative estimate of drug-likeness (QED) is 0.0932. The van der Waals surface area contributed by atoms with Gasteiger partial charge in [0.25, 0.3) is 0 Å². The van der Waals surface area contributed by atoms with Gasteiger partial charge in [0.05, 0.1) is 11.4 Å². The third-order valence-corrected chi connectivity index (χ3v) is 8.51. The number of unbranched alkanes of at least 4 members (excludes halogenated alkanes) is 1. The van der Waals surface area contributed by atoms with Crippen LogP contribution >= 0.6 is 0 Å². The van der Waals surface area contributed by atoms with Gasteiger partial charge < -0.3 is 41.7 Å². The number of carboxylic acids is 4. The summed E-state index contributed by atoms with van der Waals surface area (Å²) in [7, 11) is 0. The Morgan fingerprint density at radius 2 is 1.26 bits per heavy atom. The highest BCUT2D eigenvalue weighted by atomic mass is 16.4. The van der Waals surface area contributed by atoms with Crippen LogP contribution in [0, 0.1) is 5.41 Å². The lowest BCUT2D eigenvalue weighted by molar-refractivity contribution is -0.146. The number of hydrogen-bond donors (Lipinski definition) is 9. The number of aliphatic carboxylic acids is 4. The van der Waals surface area contributed by atoms with E-state index in [0.29, 0.717) is 13.1 Å². The molecule has 0 aliphatic carbocycles. The van der Waals surface area contributed by atoms with Crippen molar-refractivity contribution >= 4 is 42.0 Å². The summed E-state index contributed by atoms with van der Waals surface area (Å²) in [5.41, 5.74) is -0.513. The molecule has 0 bridgehead atoms. The molecule has 0 aliphatic heterocycles. The molecule has 2 heterocycles. The van der Waals surface area contributed by atoms with Crippen molar-refractivity contribution < 1.29 is 54.0 Å². The SMILES string of the molecule is CC(C)(C(NC(=O)NC(=O)NCCCCC(NC(=O)NCC(=O)O)C(=O)O)C(=O)O)C(C)(C)N(Cc1ccccn1)Cc1ccccn1.CCC(=O)O. The Balaban J connectivity index is 0.00000262. The number of amides is 6. The van der Waals surface area contributed by atoms with Gasteiger partial charge in [-0.25, -0.2) is 24.0 Å². The van der Waals surface area contributed by atoms with E-state index < -0.39 is 71.6 Å². The summed E-state index contributed by atoms with van der Waals surface area (Å²) in [5.74, 6) is -4.66. The van der Waals surface area contributed by atoms with E-state index >= 15 is 0 Å². The molecule has 0 saturated carbocycles. The standard InChI is InChI=1S/C31H44N8O9.C3H6O2/c1-30(2,31(3,4)39(18-20-11-5-8-14-32-20)19-21-12-6-9-15-33-21)24(26(44)45)37-29(48)38-27(46)34-16-10-7-13-22(25(42)43)36-28(47)35-17-23(40)41;1-2-3(4)5/h5-6,8-9,11-12,14-15,22,24H,7,10,13,16-19H2,1-4H3,(H,40,41)(H,42,43)(H,44,45)(H2,35,36,47)(H3,34,37,38,46,48);2H2,1H3,(H,4,5). The van der Waals surface area contributed by atoms with E-state index in [-0.39, 0.29) is 32.2 Å². The van der Waals surface area contributed by atoms with Gasteiger partial charge in [0.1, 0.15) is 18.6 Å². The van der Waals surface area contributed by atoms with Crippen LogP contribution in [0.1, 0.15) is 71.7 Å². The molecule has 2 aromatic heterocycles. The number of urea groups is 3. The minimum absolute atomic E-state index is 0.0115. The number of carboxylic acid groups (broad SMARTS) is 4. The smallest absolute Gasteiger partial charge is 0.326 e. The van der Waals surface area contributed by atoms with Gasteiger partial charge in [-0.05, 0) is 57.4 Å². The fraction of sp³-hybridized carbons (Fsp3) is 0.500. The summed E-state index contributed by atoms with van der Waals surface area (Å²) >= 11 is 0. The monoisotopic (exact) mass is 746 g/mol. The lowest BCUT2D eigenvalue weighted by atomic mass is 9.68. The maximum Gasteiger partial charge on any atom is 0.326 e. The number of carbonyl (C=O) groups is 7. The first kappa shape index (κ1) is 45.2. The molecular formula is C34H50N8O11. The predicted octanol–water partition coefficient (Wildman–Crippen LogP) is 2.23. The molecule has 6 amide bonds. The molecule has 0 aromatic carbocycles. The average Bonchev–Trinajstić information content (AvgIpc) is 3.09. The minimum atomic E-state index is -1.44. The molecule has 19 heteroatoms. The third-order valence-electron chi connectivity index (χ3n) is 8.51. The second-order valence-electron chi connectivity index (χ2n) is 12.8. The zero-order chi connectivity index (χ0) is 40.2. The molecule has 2 unspecified atom stereocenters. The van der Waals surface area contributed by atoms with Crippen LogP contribution in [0.25, 0.3) is 0 Å². The number of nitrogens with one attached hydrogen (secondary N) is 5. The first-order chi connectivity index (χ1) is 24.8. The summed E-state index contributed by atoms with van der Waals surface area (Å²) in [4.78, 5) is 91.6. The van der Waals surface area contributed by atoms with Crippen LogP contribution in [0.15, 0.2) is 48.8 Å². The summed E-state index contributed by atoms with van der Waals surface area (Å²) in [6.45, 7) is 8.84. The normalized spacial score (nSPS) is 12.2. The number of pyridine rings is 2. The van der Waals surface area contributed by atoms with E-state index in [1.165, 1.54) is 0 Å².